The van der Waals surface area contributed by atoms with E-state index in [0.29, 0.717) is 12.6 Å². The maximum atomic E-state index is 10.1. The Balaban J connectivity index is 1.89. The van der Waals surface area contributed by atoms with Crippen LogP contribution in [-0.2, 0) is 0 Å². The molecule has 0 radical (unpaired) electrons. The summed E-state index contributed by atoms with van der Waals surface area (Å²) in [5.74, 6) is 0. The number of rotatable bonds is 5. The second-order valence-corrected chi connectivity index (χ2v) is 4.60. The second kappa shape index (κ2) is 6.34. The van der Waals surface area contributed by atoms with Crippen molar-refractivity contribution in [2.75, 3.05) is 6.54 Å². The number of hydrogen-bond acceptors (Lipinski definition) is 1. The summed E-state index contributed by atoms with van der Waals surface area (Å²) in [7, 11) is 0. The molecule has 0 heterocycles. The summed E-state index contributed by atoms with van der Waals surface area (Å²) in [5.41, 5.74) is 2.27. The quantitative estimate of drug-likeness (QED) is 0.827. The molecule has 0 bridgehead atoms. The van der Waals surface area contributed by atoms with Gasteiger partial charge in [0, 0.05) is 5.56 Å². The lowest BCUT2D eigenvalue weighted by Crippen LogP contribution is -2.85. The van der Waals surface area contributed by atoms with Crippen LogP contribution in [0.1, 0.15) is 30.2 Å². The van der Waals surface area contributed by atoms with Gasteiger partial charge in [-0.15, -0.1) is 0 Å². The van der Waals surface area contributed by atoms with Crippen molar-refractivity contribution >= 4 is 0 Å². The highest BCUT2D eigenvalue weighted by Gasteiger charge is 2.13. The zero-order valence-corrected chi connectivity index (χ0v) is 10.7. The molecule has 0 unspecified atom stereocenters. The highest BCUT2D eigenvalue weighted by molar-refractivity contribution is 5.18. The van der Waals surface area contributed by atoms with Gasteiger partial charge in [-0.25, -0.2) is 0 Å². The standard InChI is InChI=1S/C16H19NO/c1-13(14-8-4-2-5-9-14)17-12-16(18)15-10-6-3-7-11-15/h2-11,13,16-18H,12H2,1H3/p+1/t13-,16-/m1/s1. The SMILES string of the molecule is C[C@@H]([NH2+]C[C@@H](O)c1ccccc1)c1ccccc1. The van der Waals surface area contributed by atoms with E-state index in [1.807, 2.05) is 48.5 Å². The fourth-order valence-corrected chi connectivity index (χ4v) is 2.04. The molecule has 2 aromatic rings. The molecule has 2 aromatic carbocycles. The average Bonchev–Trinajstić information content (AvgIpc) is 2.46. The molecule has 0 aromatic heterocycles. The van der Waals surface area contributed by atoms with Crippen LogP contribution in [0.2, 0.25) is 0 Å². The molecule has 3 N–H and O–H groups in total. The number of aliphatic hydroxyl groups is 1. The fourth-order valence-electron chi connectivity index (χ4n) is 2.04. The van der Waals surface area contributed by atoms with Crippen LogP contribution in [0.3, 0.4) is 0 Å². The Morgan fingerprint density at radius 3 is 1.94 bits per heavy atom. The van der Waals surface area contributed by atoms with Gasteiger partial charge >= 0.3 is 0 Å². The third-order valence-corrected chi connectivity index (χ3v) is 3.22. The highest BCUT2D eigenvalue weighted by Crippen LogP contribution is 2.11. The Kier molecular flexibility index (Phi) is 4.51. The van der Waals surface area contributed by atoms with Crippen LogP contribution < -0.4 is 5.32 Å². The van der Waals surface area contributed by atoms with Crippen molar-refractivity contribution in [1.29, 1.82) is 0 Å². The lowest BCUT2D eigenvalue weighted by atomic mass is 10.1. The van der Waals surface area contributed by atoms with Crippen LogP contribution in [-0.4, -0.2) is 11.7 Å². The zero-order chi connectivity index (χ0) is 12.8. The molecule has 0 aliphatic carbocycles. The lowest BCUT2D eigenvalue weighted by molar-refractivity contribution is -0.699. The summed E-state index contributed by atoms with van der Waals surface area (Å²) in [6.07, 6.45) is -0.405. The Bertz CT molecular complexity index is 410. The molecule has 0 amide bonds. The van der Waals surface area contributed by atoms with Crippen molar-refractivity contribution in [2.24, 2.45) is 0 Å². The van der Waals surface area contributed by atoms with E-state index in [1.165, 1.54) is 5.56 Å². The topological polar surface area (TPSA) is 36.8 Å². The first-order valence-corrected chi connectivity index (χ1v) is 6.38. The third-order valence-electron chi connectivity index (χ3n) is 3.22. The average molecular weight is 242 g/mol. The highest BCUT2D eigenvalue weighted by atomic mass is 16.3. The molecule has 0 spiro atoms. The molecule has 0 aliphatic rings. The summed E-state index contributed by atoms with van der Waals surface area (Å²) >= 11 is 0. The molecular weight excluding hydrogens is 222 g/mol. The normalized spacial score (nSPS) is 14.1. The molecule has 18 heavy (non-hydrogen) atoms. The van der Waals surface area contributed by atoms with Gasteiger partial charge in [0.05, 0.1) is 0 Å². The minimum Gasteiger partial charge on any atom is -0.382 e. The van der Waals surface area contributed by atoms with E-state index in [4.69, 9.17) is 0 Å². The number of hydrogen-bond donors (Lipinski definition) is 2. The van der Waals surface area contributed by atoms with E-state index in [-0.39, 0.29) is 0 Å². The molecule has 0 saturated heterocycles. The summed E-state index contributed by atoms with van der Waals surface area (Å²) in [6.45, 7) is 2.84. The second-order valence-electron chi connectivity index (χ2n) is 4.60. The minimum atomic E-state index is -0.405. The van der Waals surface area contributed by atoms with E-state index < -0.39 is 6.10 Å². The maximum absolute atomic E-state index is 10.1. The van der Waals surface area contributed by atoms with Crippen LogP contribution in [0, 0.1) is 0 Å². The minimum absolute atomic E-state index is 0.365. The van der Waals surface area contributed by atoms with Gasteiger partial charge in [-0.3, -0.25) is 0 Å². The van der Waals surface area contributed by atoms with Crippen molar-refractivity contribution in [3.8, 4) is 0 Å². The molecule has 94 valence electrons. The summed E-state index contributed by atoms with van der Waals surface area (Å²) in [6, 6.07) is 20.5. The Labute approximate surface area is 108 Å². The van der Waals surface area contributed by atoms with E-state index in [1.54, 1.807) is 0 Å². The van der Waals surface area contributed by atoms with Gasteiger partial charge in [0.25, 0.3) is 0 Å². The molecule has 2 nitrogen and oxygen atoms in total. The van der Waals surface area contributed by atoms with Gasteiger partial charge in [-0.2, -0.15) is 0 Å². The monoisotopic (exact) mass is 242 g/mol. The van der Waals surface area contributed by atoms with E-state index in [2.05, 4.69) is 24.4 Å². The van der Waals surface area contributed by atoms with Crippen molar-refractivity contribution in [3.63, 3.8) is 0 Å². The number of benzene rings is 2. The summed E-state index contributed by atoms with van der Waals surface area (Å²) in [5, 5.41) is 12.3. The van der Waals surface area contributed by atoms with Gasteiger partial charge in [-0.1, -0.05) is 60.7 Å². The summed E-state index contributed by atoms with van der Waals surface area (Å²) in [4.78, 5) is 0. The first-order chi connectivity index (χ1) is 8.77. The van der Waals surface area contributed by atoms with Crippen LogP contribution >= 0.6 is 0 Å². The van der Waals surface area contributed by atoms with Crippen LogP contribution in [0.5, 0.6) is 0 Å². The third kappa shape index (κ3) is 3.42. The molecule has 2 atom stereocenters. The smallest absolute Gasteiger partial charge is 0.128 e. The maximum Gasteiger partial charge on any atom is 0.128 e. The number of nitrogens with two attached hydrogens (primary N) is 1. The van der Waals surface area contributed by atoms with Crippen molar-refractivity contribution < 1.29 is 10.4 Å². The Morgan fingerprint density at radius 2 is 1.39 bits per heavy atom. The molecule has 2 heteroatoms. The van der Waals surface area contributed by atoms with Gasteiger partial charge in [0.1, 0.15) is 18.7 Å². The Morgan fingerprint density at radius 1 is 0.889 bits per heavy atom. The zero-order valence-electron chi connectivity index (χ0n) is 10.7. The Hall–Kier alpha value is -1.64. The van der Waals surface area contributed by atoms with E-state index >= 15 is 0 Å². The molecule has 0 saturated carbocycles. The first kappa shape index (κ1) is 12.8. The summed E-state index contributed by atoms with van der Waals surface area (Å²) < 4.78 is 0. The van der Waals surface area contributed by atoms with Gasteiger partial charge in [-0.05, 0) is 12.5 Å². The first-order valence-electron chi connectivity index (χ1n) is 6.38. The lowest BCUT2D eigenvalue weighted by Gasteiger charge is -2.14. The van der Waals surface area contributed by atoms with Gasteiger partial charge in [0.2, 0.25) is 0 Å². The van der Waals surface area contributed by atoms with Gasteiger partial charge < -0.3 is 10.4 Å². The van der Waals surface area contributed by atoms with Crippen LogP contribution in [0.15, 0.2) is 60.7 Å². The fraction of sp³-hybridized carbons (Fsp3) is 0.250. The molecule has 0 aliphatic heterocycles. The molecular formula is C16H20NO+. The van der Waals surface area contributed by atoms with Crippen molar-refractivity contribution in [2.45, 2.75) is 19.1 Å². The van der Waals surface area contributed by atoms with Crippen molar-refractivity contribution in [1.82, 2.24) is 0 Å². The molecule has 0 fully saturated rings. The van der Waals surface area contributed by atoms with E-state index in [0.717, 1.165) is 5.56 Å². The van der Waals surface area contributed by atoms with Crippen LogP contribution in [0.4, 0.5) is 0 Å². The van der Waals surface area contributed by atoms with Gasteiger partial charge in [0.15, 0.2) is 0 Å². The van der Waals surface area contributed by atoms with Crippen molar-refractivity contribution in [3.05, 3.63) is 71.8 Å². The predicted molar refractivity (Wildman–Crippen MR) is 73.1 cm³/mol. The predicted octanol–water partition coefficient (Wildman–Crippen LogP) is 2.04. The number of aliphatic hydroxyl groups excluding tert-OH is 1. The molecule has 2 rings (SSSR count). The van der Waals surface area contributed by atoms with Crippen LogP contribution in [0.25, 0.3) is 0 Å². The largest absolute Gasteiger partial charge is 0.382 e. The number of quaternary nitrogens is 1. The van der Waals surface area contributed by atoms with E-state index in [9.17, 15) is 5.11 Å².